The fourth-order valence-electron chi connectivity index (χ4n) is 1.27. The van der Waals surface area contributed by atoms with Crippen LogP contribution in [-0.2, 0) is 11.2 Å². The van der Waals surface area contributed by atoms with Crippen LogP contribution < -0.4 is 5.32 Å². The molecule has 15 heavy (non-hydrogen) atoms. The van der Waals surface area contributed by atoms with Crippen LogP contribution in [0.4, 0.5) is 0 Å². The molecule has 0 spiro atoms. The highest BCUT2D eigenvalue weighted by Crippen LogP contribution is 2.19. The van der Waals surface area contributed by atoms with E-state index in [1.54, 1.807) is 17.8 Å². The van der Waals surface area contributed by atoms with Crippen LogP contribution in [0.25, 0.3) is 0 Å². The van der Waals surface area contributed by atoms with Gasteiger partial charge in [-0.15, -0.1) is 18.3 Å². The molecule has 1 aromatic carbocycles. The Morgan fingerprint density at radius 3 is 2.93 bits per heavy atom. The number of amides is 1. The Hall–Kier alpha value is -1.22. The Kier molecular flexibility index (Phi) is 4.98. The van der Waals surface area contributed by atoms with Crippen molar-refractivity contribution in [3.8, 4) is 0 Å². The minimum Gasteiger partial charge on any atom is -0.352 e. The van der Waals surface area contributed by atoms with Crippen molar-refractivity contribution in [2.24, 2.45) is 0 Å². The lowest BCUT2D eigenvalue weighted by atomic mass is 10.1. The molecule has 0 bridgehead atoms. The maximum absolute atomic E-state index is 11.5. The highest BCUT2D eigenvalue weighted by Gasteiger charge is 2.05. The first kappa shape index (κ1) is 11.9. The van der Waals surface area contributed by atoms with Gasteiger partial charge >= 0.3 is 0 Å². The van der Waals surface area contributed by atoms with E-state index in [0.717, 1.165) is 10.5 Å². The lowest BCUT2D eigenvalue weighted by Gasteiger charge is -2.06. The molecule has 0 saturated heterocycles. The molecule has 0 aliphatic heterocycles. The van der Waals surface area contributed by atoms with E-state index in [1.807, 2.05) is 30.5 Å². The fourth-order valence-corrected chi connectivity index (χ4v) is 1.89. The summed E-state index contributed by atoms with van der Waals surface area (Å²) >= 11 is 1.66. The predicted molar refractivity (Wildman–Crippen MR) is 65.1 cm³/mol. The van der Waals surface area contributed by atoms with Crippen molar-refractivity contribution in [2.75, 3.05) is 12.8 Å². The second kappa shape index (κ2) is 6.30. The third-order valence-electron chi connectivity index (χ3n) is 1.99. The SMILES string of the molecule is C=CCNC(=O)Cc1ccccc1SC. The van der Waals surface area contributed by atoms with Crippen molar-refractivity contribution in [3.63, 3.8) is 0 Å². The summed E-state index contributed by atoms with van der Waals surface area (Å²) < 4.78 is 0. The van der Waals surface area contributed by atoms with Crippen molar-refractivity contribution in [3.05, 3.63) is 42.5 Å². The average Bonchev–Trinajstić information content (AvgIpc) is 2.27. The lowest BCUT2D eigenvalue weighted by Crippen LogP contribution is -2.25. The van der Waals surface area contributed by atoms with Gasteiger partial charge in [-0.05, 0) is 17.9 Å². The van der Waals surface area contributed by atoms with Gasteiger partial charge in [-0.25, -0.2) is 0 Å². The van der Waals surface area contributed by atoms with Gasteiger partial charge in [0.25, 0.3) is 0 Å². The molecule has 0 aliphatic rings. The number of hydrogen-bond donors (Lipinski definition) is 1. The van der Waals surface area contributed by atoms with E-state index in [4.69, 9.17) is 0 Å². The van der Waals surface area contributed by atoms with Gasteiger partial charge in [-0.1, -0.05) is 24.3 Å². The second-order valence-electron chi connectivity index (χ2n) is 3.08. The van der Waals surface area contributed by atoms with Gasteiger partial charge in [-0.2, -0.15) is 0 Å². The van der Waals surface area contributed by atoms with Crippen LogP contribution in [0, 0.1) is 0 Å². The summed E-state index contributed by atoms with van der Waals surface area (Å²) in [6, 6.07) is 7.95. The van der Waals surface area contributed by atoms with Crippen molar-refractivity contribution in [1.29, 1.82) is 0 Å². The summed E-state index contributed by atoms with van der Waals surface area (Å²) in [6.07, 6.45) is 4.13. The largest absolute Gasteiger partial charge is 0.352 e. The maximum Gasteiger partial charge on any atom is 0.224 e. The molecule has 3 heteroatoms. The van der Waals surface area contributed by atoms with Gasteiger partial charge < -0.3 is 5.32 Å². The van der Waals surface area contributed by atoms with Crippen LogP contribution in [0.5, 0.6) is 0 Å². The normalized spacial score (nSPS) is 9.67. The molecular weight excluding hydrogens is 206 g/mol. The van der Waals surface area contributed by atoms with Gasteiger partial charge in [0.2, 0.25) is 5.91 Å². The number of benzene rings is 1. The zero-order valence-electron chi connectivity index (χ0n) is 8.82. The van der Waals surface area contributed by atoms with Crippen LogP contribution >= 0.6 is 11.8 Å². The van der Waals surface area contributed by atoms with Crippen LogP contribution in [0.15, 0.2) is 41.8 Å². The zero-order valence-corrected chi connectivity index (χ0v) is 9.64. The molecule has 0 aliphatic carbocycles. The van der Waals surface area contributed by atoms with E-state index >= 15 is 0 Å². The molecule has 0 saturated carbocycles. The van der Waals surface area contributed by atoms with Crippen LogP contribution in [0.3, 0.4) is 0 Å². The molecule has 0 fully saturated rings. The van der Waals surface area contributed by atoms with Gasteiger partial charge in [0, 0.05) is 11.4 Å². The monoisotopic (exact) mass is 221 g/mol. The number of thioether (sulfide) groups is 1. The Balaban J connectivity index is 2.63. The quantitative estimate of drug-likeness (QED) is 0.610. The molecule has 1 aromatic rings. The van der Waals surface area contributed by atoms with Gasteiger partial charge in [0.05, 0.1) is 6.42 Å². The molecule has 0 heterocycles. The molecule has 1 N–H and O–H groups in total. The molecule has 0 atom stereocenters. The number of carbonyl (C=O) groups excluding carboxylic acids is 1. The second-order valence-corrected chi connectivity index (χ2v) is 3.93. The van der Waals surface area contributed by atoms with Crippen molar-refractivity contribution >= 4 is 17.7 Å². The van der Waals surface area contributed by atoms with E-state index in [1.165, 1.54) is 0 Å². The number of rotatable bonds is 5. The average molecular weight is 221 g/mol. The summed E-state index contributed by atoms with van der Waals surface area (Å²) in [5.74, 6) is 0.0383. The van der Waals surface area contributed by atoms with Crippen LogP contribution in [0.2, 0.25) is 0 Å². The Morgan fingerprint density at radius 2 is 2.27 bits per heavy atom. The van der Waals surface area contributed by atoms with Crippen molar-refractivity contribution in [1.82, 2.24) is 5.32 Å². The smallest absolute Gasteiger partial charge is 0.224 e. The van der Waals surface area contributed by atoms with Gasteiger partial charge in [0.15, 0.2) is 0 Å². The Morgan fingerprint density at radius 1 is 1.53 bits per heavy atom. The number of carbonyl (C=O) groups is 1. The highest BCUT2D eigenvalue weighted by atomic mass is 32.2. The topological polar surface area (TPSA) is 29.1 Å². The van der Waals surface area contributed by atoms with Crippen LogP contribution in [-0.4, -0.2) is 18.7 Å². The molecule has 1 rings (SSSR count). The van der Waals surface area contributed by atoms with E-state index in [-0.39, 0.29) is 5.91 Å². The molecule has 2 nitrogen and oxygen atoms in total. The standard InChI is InChI=1S/C12H15NOS/c1-3-8-13-12(14)9-10-6-4-5-7-11(10)15-2/h3-7H,1,8-9H2,2H3,(H,13,14). The first-order valence-electron chi connectivity index (χ1n) is 4.77. The number of hydrogen-bond acceptors (Lipinski definition) is 2. The minimum absolute atomic E-state index is 0.0383. The van der Waals surface area contributed by atoms with Gasteiger partial charge in [0.1, 0.15) is 0 Å². The lowest BCUT2D eigenvalue weighted by molar-refractivity contribution is -0.120. The first-order valence-corrected chi connectivity index (χ1v) is 6.00. The molecule has 80 valence electrons. The summed E-state index contributed by atoms with van der Waals surface area (Å²) in [6.45, 7) is 4.08. The van der Waals surface area contributed by atoms with E-state index < -0.39 is 0 Å². The molecule has 1 amide bonds. The van der Waals surface area contributed by atoms with Crippen molar-refractivity contribution in [2.45, 2.75) is 11.3 Å². The number of nitrogens with one attached hydrogen (secondary N) is 1. The minimum atomic E-state index is 0.0383. The first-order chi connectivity index (χ1) is 7.27. The maximum atomic E-state index is 11.5. The van der Waals surface area contributed by atoms with E-state index in [0.29, 0.717) is 13.0 Å². The highest BCUT2D eigenvalue weighted by molar-refractivity contribution is 7.98. The predicted octanol–water partition coefficient (Wildman–Crippen LogP) is 2.25. The fraction of sp³-hybridized carbons (Fsp3) is 0.250. The zero-order chi connectivity index (χ0) is 11.1. The van der Waals surface area contributed by atoms with E-state index in [9.17, 15) is 4.79 Å². The molecule has 0 radical (unpaired) electrons. The molecular formula is C12H15NOS. The third kappa shape index (κ3) is 3.80. The molecule has 0 aromatic heterocycles. The third-order valence-corrected chi connectivity index (χ3v) is 2.83. The van der Waals surface area contributed by atoms with Crippen LogP contribution in [0.1, 0.15) is 5.56 Å². The van der Waals surface area contributed by atoms with Gasteiger partial charge in [-0.3, -0.25) is 4.79 Å². The van der Waals surface area contributed by atoms with E-state index in [2.05, 4.69) is 11.9 Å². The Labute approximate surface area is 94.8 Å². The summed E-state index contributed by atoms with van der Waals surface area (Å²) in [4.78, 5) is 12.6. The summed E-state index contributed by atoms with van der Waals surface area (Å²) in [5, 5.41) is 2.77. The summed E-state index contributed by atoms with van der Waals surface area (Å²) in [5.41, 5.74) is 1.08. The Bertz CT molecular complexity index is 349. The van der Waals surface area contributed by atoms with Crippen molar-refractivity contribution < 1.29 is 4.79 Å². The summed E-state index contributed by atoms with van der Waals surface area (Å²) in [7, 11) is 0. The molecule has 0 unspecified atom stereocenters.